The van der Waals surface area contributed by atoms with Crippen molar-refractivity contribution in [1.82, 2.24) is 19.5 Å². The standard InChI is InChI=1S/C14H17N5/c1-2-12(1)14-16-4-3-13(17-14)19-8-11(9-19)7-18-6-5-15-10-18/h3-6,10-12H,1-2,7-9H2. The van der Waals surface area contributed by atoms with Gasteiger partial charge in [0.1, 0.15) is 11.6 Å². The summed E-state index contributed by atoms with van der Waals surface area (Å²) in [6.45, 7) is 3.22. The first-order valence-electron chi connectivity index (χ1n) is 6.92. The van der Waals surface area contributed by atoms with Gasteiger partial charge in [0.15, 0.2) is 0 Å². The van der Waals surface area contributed by atoms with E-state index in [0.717, 1.165) is 31.3 Å². The lowest BCUT2D eigenvalue weighted by Crippen LogP contribution is -2.48. The van der Waals surface area contributed by atoms with Crippen molar-refractivity contribution in [2.45, 2.75) is 25.3 Å². The average Bonchev–Trinajstić information content (AvgIpc) is 3.12. The lowest BCUT2D eigenvalue weighted by atomic mass is 10.0. The van der Waals surface area contributed by atoms with E-state index in [1.165, 1.54) is 12.8 Å². The number of hydrogen-bond acceptors (Lipinski definition) is 4. The van der Waals surface area contributed by atoms with Gasteiger partial charge in [-0.1, -0.05) is 0 Å². The van der Waals surface area contributed by atoms with Gasteiger partial charge in [0.25, 0.3) is 0 Å². The molecular weight excluding hydrogens is 238 g/mol. The molecule has 2 aromatic heterocycles. The van der Waals surface area contributed by atoms with Crippen LogP contribution in [0.1, 0.15) is 24.6 Å². The monoisotopic (exact) mass is 255 g/mol. The van der Waals surface area contributed by atoms with Gasteiger partial charge >= 0.3 is 0 Å². The van der Waals surface area contributed by atoms with Gasteiger partial charge in [0, 0.05) is 50.1 Å². The van der Waals surface area contributed by atoms with Gasteiger partial charge in [0.05, 0.1) is 6.33 Å². The highest BCUT2D eigenvalue weighted by atomic mass is 15.3. The number of anilines is 1. The zero-order valence-corrected chi connectivity index (χ0v) is 10.8. The highest BCUT2D eigenvalue weighted by Gasteiger charge is 2.30. The molecule has 0 bridgehead atoms. The minimum absolute atomic E-state index is 0.628. The predicted molar refractivity (Wildman–Crippen MR) is 71.9 cm³/mol. The Balaban J connectivity index is 1.38. The second-order valence-corrected chi connectivity index (χ2v) is 5.58. The van der Waals surface area contributed by atoms with Crippen molar-refractivity contribution >= 4 is 5.82 Å². The first kappa shape index (κ1) is 11.0. The number of rotatable bonds is 4. The summed E-state index contributed by atoms with van der Waals surface area (Å²) in [5.74, 6) is 3.46. The summed E-state index contributed by atoms with van der Waals surface area (Å²) in [6, 6.07) is 2.03. The molecule has 19 heavy (non-hydrogen) atoms. The fourth-order valence-electron chi connectivity index (χ4n) is 2.64. The molecule has 2 aliphatic rings. The molecule has 5 nitrogen and oxygen atoms in total. The molecule has 1 saturated heterocycles. The Morgan fingerprint density at radius 3 is 2.84 bits per heavy atom. The van der Waals surface area contributed by atoms with Crippen molar-refractivity contribution in [3.05, 3.63) is 36.8 Å². The molecule has 2 fully saturated rings. The Morgan fingerprint density at radius 1 is 1.21 bits per heavy atom. The van der Waals surface area contributed by atoms with Crippen molar-refractivity contribution in [2.75, 3.05) is 18.0 Å². The highest BCUT2D eigenvalue weighted by molar-refractivity contribution is 5.41. The van der Waals surface area contributed by atoms with Crippen LogP contribution in [0.5, 0.6) is 0 Å². The van der Waals surface area contributed by atoms with Gasteiger partial charge in [-0.2, -0.15) is 0 Å². The molecule has 0 unspecified atom stereocenters. The van der Waals surface area contributed by atoms with Gasteiger partial charge in [0.2, 0.25) is 0 Å². The molecule has 5 heteroatoms. The highest BCUT2D eigenvalue weighted by Crippen LogP contribution is 2.38. The molecule has 0 amide bonds. The van der Waals surface area contributed by atoms with Crippen LogP contribution in [0.25, 0.3) is 0 Å². The molecule has 1 aliphatic carbocycles. The van der Waals surface area contributed by atoms with Crippen molar-refractivity contribution < 1.29 is 0 Å². The fraction of sp³-hybridized carbons (Fsp3) is 0.500. The SMILES string of the molecule is c1cn(CC2CN(c3ccnc(C4CC4)n3)C2)cn1. The van der Waals surface area contributed by atoms with E-state index in [2.05, 4.69) is 24.4 Å². The van der Waals surface area contributed by atoms with E-state index in [0.29, 0.717) is 11.8 Å². The Morgan fingerprint density at radius 2 is 2.11 bits per heavy atom. The topological polar surface area (TPSA) is 46.8 Å². The molecule has 0 atom stereocenters. The third-order valence-corrected chi connectivity index (χ3v) is 3.91. The minimum atomic E-state index is 0.628. The molecule has 0 N–H and O–H groups in total. The quantitative estimate of drug-likeness (QED) is 0.834. The van der Waals surface area contributed by atoms with Gasteiger partial charge in [-0.15, -0.1) is 0 Å². The summed E-state index contributed by atoms with van der Waals surface area (Å²) < 4.78 is 2.15. The van der Waals surface area contributed by atoms with E-state index < -0.39 is 0 Å². The molecule has 1 aliphatic heterocycles. The summed E-state index contributed by atoms with van der Waals surface area (Å²) in [5, 5.41) is 0. The van der Waals surface area contributed by atoms with Crippen LogP contribution in [-0.4, -0.2) is 32.6 Å². The lowest BCUT2D eigenvalue weighted by molar-refractivity contribution is 0.355. The predicted octanol–water partition coefficient (Wildman–Crippen LogP) is 1.69. The van der Waals surface area contributed by atoms with Crippen LogP contribution in [-0.2, 0) is 6.54 Å². The van der Waals surface area contributed by atoms with Gasteiger partial charge in [-0.25, -0.2) is 15.0 Å². The molecule has 1 saturated carbocycles. The number of hydrogen-bond donors (Lipinski definition) is 0. The first-order valence-corrected chi connectivity index (χ1v) is 6.92. The lowest BCUT2D eigenvalue weighted by Gasteiger charge is -2.40. The summed E-state index contributed by atoms with van der Waals surface area (Å²) in [4.78, 5) is 15.5. The van der Waals surface area contributed by atoms with Crippen LogP contribution >= 0.6 is 0 Å². The maximum absolute atomic E-state index is 4.68. The molecule has 2 aromatic rings. The van der Waals surface area contributed by atoms with Crippen molar-refractivity contribution in [3.63, 3.8) is 0 Å². The van der Waals surface area contributed by atoms with Crippen molar-refractivity contribution in [3.8, 4) is 0 Å². The second kappa shape index (κ2) is 4.33. The number of imidazole rings is 1. The van der Waals surface area contributed by atoms with Crippen LogP contribution in [0.2, 0.25) is 0 Å². The smallest absolute Gasteiger partial charge is 0.133 e. The molecule has 0 radical (unpaired) electrons. The van der Waals surface area contributed by atoms with Crippen LogP contribution in [0.15, 0.2) is 31.0 Å². The van der Waals surface area contributed by atoms with Gasteiger partial charge < -0.3 is 9.47 Å². The fourth-order valence-corrected chi connectivity index (χ4v) is 2.64. The van der Waals surface area contributed by atoms with E-state index in [1.54, 1.807) is 0 Å². The van der Waals surface area contributed by atoms with Gasteiger partial charge in [-0.3, -0.25) is 0 Å². The Kier molecular flexibility index (Phi) is 2.50. The molecule has 0 spiro atoms. The Hall–Kier alpha value is -1.91. The Bertz CT molecular complexity index is 555. The average molecular weight is 255 g/mol. The minimum Gasteiger partial charge on any atom is -0.356 e. The maximum atomic E-state index is 4.68. The molecule has 3 heterocycles. The number of aromatic nitrogens is 4. The Labute approximate surface area is 112 Å². The normalized spacial score (nSPS) is 19.5. The summed E-state index contributed by atoms with van der Waals surface area (Å²) >= 11 is 0. The third kappa shape index (κ3) is 2.20. The summed E-state index contributed by atoms with van der Waals surface area (Å²) in [6.07, 6.45) is 10.2. The van der Waals surface area contributed by atoms with E-state index in [1.807, 2.05) is 31.0 Å². The summed E-state index contributed by atoms with van der Waals surface area (Å²) in [5.41, 5.74) is 0. The van der Waals surface area contributed by atoms with E-state index in [9.17, 15) is 0 Å². The van der Waals surface area contributed by atoms with E-state index in [4.69, 9.17) is 0 Å². The van der Waals surface area contributed by atoms with Crippen molar-refractivity contribution in [1.29, 1.82) is 0 Å². The molecule has 98 valence electrons. The zero-order chi connectivity index (χ0) is 12.7. The van der Waals surface area contributed by atoms with Gasteiger partial charge in [-0.05, 0) is 18.9 Å². The van der Waals surface area contributed by atoms with Crippen LogP contribution < -0.4 is 4.90 Å². The van der Waals surface area contributed by atoms with Crippen molar-refractivity contribution in [2.24, 2.45) is 5.92 Å². The summed E-state index contributed by atoms with van der Waals surface area (Å²) in [7, 11) is 0. The largest absolute Gasteiger partial charge is 0.356 e. The van der Waals surface area contributed by atoms with Crippen LogP contribution in [0.4, 0.5) is 5.82 Å². The second-order valence-electron chi connectivity index (χ2n) is 5.58. The first-order chi connectivity index (χ1) is 9.38. The van der Waals surface area contributed by atoms with E-state index in [-0.39, 0.29) is 0 Å². The molecule has 0 aromatic carbocycles. The zero-order valence-electron chi connectivity index (χ0n) is 10.8. The van der Waals surface area contributed by atoms with E-state index >= 15 is 0 Å². The molecular formula is C14H17N5. The molecule has 4 rings (SSSR count). The van der Waals surface area contributed by atoms with Crippen LogP contribution in [0.3, 0.4) is 0 Å². The third-order valence-electron chi connectivity index (χ3n) is 3.91. The number of nitrogens with zero attached hydrogens (tertiary/aromatic N) is 5. The maximum Gasteiger partial charge on any atom is 0.133 e. The van der Waals surface area contributed by atoms with Crippen LogP contribution in [0, 0.1) is 5.92 Å².